The van der Waals surface area contributed by atoms with Crippen molar-refractivity contribution in [2.45, 2.75) is 19.3 Å². The molecule has 0 radical (unpaired) electrons. The zero-order valence-electron chi connectivity index (χ0n) is 15.0. The molecule has 2 aliphatic heterocycles. The first kappa shape index (κ1) is 20.1. The molecule has 148 valence electrons. The van der Waals surface area contributed by atoms with Gasteiger partial charge in [0.1, 0.15) is 5.82 Å². The molecule has 0 atom stereocenters. The van der Waals surface area contributed by atoms with E-state index in [0.717, 1.165) is 16.7 Å². The molecule has 9 heteroatoms. The number of benzene rings is 1. The number of aliphatic carboxylic acids is 1. The van der Waals surface area contributed by atoms with Crippen molar-refractivity contribution >= 4 is 40.9 Å². The van der Waals surface area contributed by atoms with Crippen molar-refractivity contribution in [1.29, 1.82) is 0 Å². The number of carbonyl (C=O) groups is 4. The van der Waals surface area contributed by atoms with Crippen molar-refractivity contribution in [3.05, 3.63) is 40.6 Å². The lowest BCUT2D eigenvalue weighted by Gasteiger charge is -2.30. The molecule has 2 fully saturated rings. The molecular formula is C19H19FN2O5S. The van der Waals surface area contributed by atoms with Crippen LogP contribution in [0.4, 0.5) is 9.18 Å². The van der Waals surface area contributed by atoms with E-state index >= 15 is 0 Å². The molecule has 2 aliphatic rings. The summed E-state index contributed by atoms with van der Waals surface area (Å²) in [6, 6.07) is 5.55. The van der Waals surface area contributed by atoms with Crippen molar-refractivity contribution in [3.8, 4) is 0 Å². The monoisotopic (exact) mass is 406 g/mol. The topological polar surface area (TPSA) is 95.0 Å². The zero-order chi connectivity index (χ0) is 20.3. The third-order valence-electron chi connectivity index (χ3n) is 4.79. The first-order valence-corrected chi connectivity index (χ1v) is 9.68. The number of rotatable bonds is 5. The molecule has 0 bridgehead atoms. The Morgan fingerprint density at radius 2 is 1.82 bits per heavy atom. The van der Waals surface area contributed by atoms with Crippen molar-refractivity contribution in [2.75, 3.05) is 19.6 Å². The maximum absolute atomic E-state index is 13.0. The van der Waals surface area contributed by atoms with E-state index in [1.807, 2.05) is 0 Å². The molecule has 0 unspecified atom stereocenters. The van der Waals surface area contributed by atoms with Crippen LogP contribution in [-0.4, -0.2) is 57.6 Å². The van der Waals surface area contributed by atoms with Crippen LogP contribution < -0.4 is 0 Å². The summed E-state index contributed by atoms with van der Waals surface area (Å²) in [5.41, 5.74) is 0.601. The van der Waals surface area contributed by atoms with Crippen LogP contribution in [0.2, 0.25) is 0 Å². The molecule has 0 aliphatic carbocycles. The summed E-state index contributed by atoms with van der Waals surface area (Å²) in [7, 11) is 0. The van der Waals surface area contributed by atoms with E-state index in [2.05, 4.69) is 0 Å². The third kappa shape index (κ3) is 4.59. The van der Waals surface area contributed by atoms with Gasteiger partial charge in [0.2, 0.25) is 5.91 Å². The smallest absolute Gasteiger partial charge is 0.306 e. The number of hydrogen-bond donors (Lipinski definition) is 1. The van der Waals surface area contributed by atoms with E-state index in [1.165, 1.54) is 30.3 Å². The number of likely N-dealkylation sites (tertiary alicyclic amines) is 1. The Balaban J connectivity index is 1.55. The van der Waals surface area contributed by atoms with E-state index < -0.39 is 28.9 Å². The number of carboxylic acid groups (broad SMARTS) is 1. The highest BCUT2D eigenvalue weighted by molar-refractivity contribution is 8.18. The van der Waals surface area contributed by atoms with Gasteiger partial charge < -0.3 is 10.0 Å². The van der Waals surface area contributed by atoms with E-state index in [9.17, 15) is 23.6 Å². The first-order valence-electron chi connectivity index (χ1n) is 8.86. The van der Waals surface area contributed by atoms with Crippen LogP contribution in [0, 0.1) is 11.7 Å². The molecule has 0 saturated carbocycles. The second kappa shape index (κ2) is 8.55. The number of imide groups is 1. The van der Waals surface area contributed by atoms with Crippen LogP contribution in [-0.2, 0) is 14.4 Å². The van der Waals surface area contributed by atoms with Crippen LogP contribution in [0.1, 0.15) is 24.8 Å². The second-order valence-electron chi connectivity index (χ2n) is 6.63. The molecule has 28 heavy (non-hydrogen) atoms. The molecule has 1 N–H and O–H groups in total. The van der Waals surface area contributed by atoms with Crippen molar-refractivity contribution < 1.29 is 28.7 Å². The van der Waals surface area contributed by atoms with Crippen molar-refractivity contribution in [1.82, 2.24) is 9.80 Å². The highest BCUT2D eigenvalue weighted by Gasteiger charge is 2.35. The second-order valence-corrected chi connectivity index (χ2v) is 7.62. The summed E-state index contributed by atoms with van der Waals surface area (Å²) < 4.78 is 13.0. The van der Waals surface area contributed by atoms with Crippen LogP contribution in [0.15, 0.2) is 29.2 Å². The number of hydrogen-bond acceptors (Lipinski definition) is 5. The molecule has 1 aromatic rings. The molecule has 2 heterocycles. The van der Waals surface area contributed by atoms with E-state index in [4.69, 9.17) is 5.11 Å². The van der Waals surface area contributed by atoms with Gasteiger partial charge in [-0.2, -0.15) is 0 Å². The van der Waals surface area contributed by atoms with E-state index in [0.29, 0.717) is 31.5 Å². The fraction of sp³-hybridized carbons (Fsp3) is 0.368. The van der Waals surface area contributed by atoms with Gasteiger partial charge in [0.05, 0.1) is 10.8 Å². The summed E-state index contributed by atoms with van der Waals surface area (Å²) in [6.45, 7) is 0.702. The molecule has 0 spiro atoms. The predicted octanol–water partition coefficient (Wildman–Crippen LogP) is 2.58. The largest absolute Gasteiger partial charge is 0.481 e. The number of carboxylic acids is 1. The minimum atomic E-state index is -0.849. The molecule has 2 saturated heterocycles. The number of piperidine rings is 1. The SMILES string of the molecule is O=C(O)C1CCN(C(=O)CCN2C(=O)SC(=Cc3ccc(F)cc3)C2=O)CC1. The van der Waals surface area contributed by atoms with Gasteiger partial charge in [-0.05, 0) is 48.4 Å². The van der Waals surface area contributed by atoms with E-state index in [-0.39, 0.29) is 23.8 Å². The lowest BCUT2D eigenvalue weighted by molar-refractivity contribution is -0.145. The lowest BCUT2D eigenvalue weighted by Crippen LogP contribution is -2.42. The number of thioether (sulfide) groups is 1. The maximum Gasteiger partial charge on any atom is 0.306 e. The average Bonchev–Trinajstić information content (AvgIpc) is 2.94. The highest BCUT2D eigenvalue weighted by Crippen LogP contribution is 2.32. The number of nitrogens with zero attached hydrogens (tertiary/aromatic N) is 2. The zero-order valence-corrected chi connectivity index (χ0v) is 15.8. The first-order chi connectivity index (χ1) is 13.3. The van der Waals surface area contributed by atoms with Gasteiger partial charge in [0.25, 0.3) is 11.1 Å². The minimum Gasteiger partial charge on any atom is -0.481 e. The molecule has 0 aromatic heterocycles. The fourth-order valence-electron chi connectivity index (χ4n) is 3.14. The normalized spacial score (nSPS) is 19.5. The number of carbonyl (C=O) groups excluding carboxylic acids is 3. The Hall–Kier alpha value is -2.68. The Bertz CT molecular complexity index is 831. The lowest BCUT2D eigenvalue weighted by atomic mass is 9.97. The van der Waals surface area contributed by atoms with E-state index in [1.54, 1.807) is 4.90 Å². The standard InChI is InChI=1S/C19H19FN2O5S/c20-14-3-1-12(2-4-14)11-15-17(24)22(19(27)28-15)10-7-16(23)21-8-5-13(6-9-21)18(25)26/h1-4,11,13H,5-10H2,(H,25,26). The molecule has 1 aromatic carbocycles. The van der Waals surface area contributed by atoms with Gasteiger partial charge in [-0.15, -0.1) is 0 Å². The van der Waals surface area contributed by atoms with Gasteiger partial charge in [-0.1, -0.05) is 12.1 Å². The van der Waals surface area contributed by atoms with Gasteiger partial charge in [0.15, 0.2) is 0 Å². The molecule has 7 nitrogen and oxygen atoms in total. The number of amides is 3. The van der Waals surface area contributed by atoms with Crippen LogP contribution in [0.25, 0.3) is 6.08 Å². The third-order valence-corrected chi connectivity index (χ3v) is 5.69. The van der Waals surface area contributed by atoms with Crippen LogP contribution >= 0.6 is 11.8 Å². The summed E-state index contributed by atoms with van der Waals surface area (Å²) in [5, 5.41) is 8.55. The number of halogens is 1. The van der Waals surface area contributed by atoms with Gasteiger partial charge in [-0.25, -0.2) is 4.39 Å². The summed E-state index contributed by atoms with van der Waals surface area (Å²) >= 11 is 0.786. The van der Waals surface area contributed by atoms with Gasteiger partial charge in [-0.3, -0.25) is 24.1 Å². The Kier molecular flexibility index (Phi) is 6.13. The molecule has 3 amide bonds. The van der Waals surface area contributed by atoms with Crippen LogP contribution in [0.5, 0.6) is 0 Å². The predicted molar refractivity (Wildman–Crippen MR) is 101 cm³/mol. The maximum atomic E-state index is 13.0. The highest BCUT2D eigenvalue weighted by atomic mass is 32.2. The van der Waals surface area contributed by atoms with Gasteiger partial charge >= 0.3 is 5.97 Å². The average molecular weight is 406 g/mol. The Labute approximate surface area is 165 Å². The minimum absolute atomic E-state index is 0.000391. The van der Waals surface area contributed by atoms with Crippen molar-refractivity contribution in [3.63, 3.8) is 0 Å². The van der Waals surface area contributed by atoms with Crippen LogP contribution in [0.3, 0.4) is 0 Å². The van der Waals surface area contributed by atoms with Crippen molar-refractivity contribution in [2.24, 2.45) is 5.92 Å². The molecule has 3 rings (SSSR count). The Morgan fingerprint density at radius 1 is 1.18 bits per heavy atom. The summed E-state index contributed by atoms with van der Waals surface area (Å²) in [6.07, 6.45) is 2.33. The fourth-order valence-corrected chi connectivity index (χ4v) is 4.01. The summed E-state index contributed by atoms with van der Waals surface area (Å²) in [5.74, 6) is -2.35. The molecular weight excluding hydrogens is 387 g/mol. The van der Waals surface area contributed by atoms with Gasteiger partial charge in [0, 0.05) is 26.1 Å². The quantitative estimate of drug-likeness (QED) is 0.756. The summed E-state index contributed by atoms with van der Waals surface area (Å²) in [4.78, 5) is 50.7. The Morgan fingerprint density at radius 3 is 2.43 bits per heavy atom.